The number of carbonyl (C=O) groups is 1. The van der Waals surface area contributed by atoms with Crippen molar-refractivity contribution < 1.29 is 14.3 Å². The van der Waals surface area contributed by atoms with E-state index in [1.54, 1.807) is 25.3 Å². The first-order chi connectivity index (χ1) is 12.0. The SMILES string of the molecule is COc1ccc(/C=C(/C#N)C(=O)Nc2c(C)cccc2C)cc1OC. The molecule has 0 aliphatic heterocycles. The molecule has 1 amide bonds. The number of ether oxygens (including phenoxy) is 2. The van der Waals surface area contributed by atoms with Crippen molar-refractivity contribution in [2.45, 2.75) is 13.8 Å². The summed E-state index contributed by atoms with van der Waals surface area (Å²) in [6, 6.07) is 12.9. The minimum Gasteiger partial charge on any atom is -0.493 e. The quantitative estimate of drug-likeness (QED) is 0.665. The number of hydrogen-bond donors (Lipinski definition) is 1. The monoisotopic (exact) mass is 336 g/mol. The average molecular weight is 336 g/mol. The third-order valence-electron chi connectivity index (χ3n) is 3.80. The fourth-order valence-electron chi connectivity index (χ4n) is 2.45. The molecule has 0 fully saturated rings. The predicted octanol–water partition coefficient (Wildman–Crippen LogP) is 3.87. The fraction of sp³-hybridized carbons (Fsp3) is 0.200. The highest BCUT2D eigenvalue weighted by atomic mass is 16.5. The lowest BCUT2D eigenvalue weighted by atomic mass is 10.1. The molecular weight excluding hydrogens is 316 g/mol. The van der Waals surface area contributed by atoms with Gasteiger partial charge in [0, 0.05) is 5.69 Å². The number of anilines is 1. The summed E-state index contributed by atoms with van der Waals surface area (Å²) in [6.45, 7) is 3.82. The van der Waals surface area contributed by atoms with Gasteiger partial charge in [-0.15, -0.1) is 0 Å². The molecule has 0 aliphatic carbocycles. The summed E-state index contributed by atoms with van der Waals surface area (Å²) < 4.78 is 10.4. The molecular formula is C20H20N2O3. The molecule has 0 aromatic heterocycles. The molecule has 0 bridgehead atoms. The number of nitrogens with one attached hydrogen (secondary N) is 1. The molecule has 0 spiro atoms. The van der Waals surface area contributed by atoms with E-state index in [9.17, 15) is 10.1 Å². The van der Waals surface area contributed by atoms with Crippen molar-refractivity contribution in [3.63, 3.8) is 0 Å². The molecule has 2 aromatic rings. The summed E-state index contributed by atoms with van der Waals surface area (Å²) in [5.74, 6) is 0.663. The zero-order valence-corrected chi connectivity index (χ0v) is 14.7. The van der Waals surface area contributed by atoms with Crippen LogP contribution in [0.2, 0.25) is 0 Å². The van der Waals surface area contributed by atoms with E-state index in [2.05, 4.69) is 5.32 Å². The smallest absolute Gasteiger partial charge is 0.266 e. The van der Waals surface area contributed by atoms with Crippen LogP contribution in [0.4, 0.5) is 5.69 Å². The molecule has 5 nitrogen and oxygen atoms in total. The minimum atomic E-state index is -0.449. The fourth-order valence-corrected chi connectivity index (χ4v) is 2.45. The number of rotatable bonds is 5. The van der Waals surface area contributed by atoms with Gasteiger partial charge in [-0.25, -0.2) is 0 Å². The Bertz CT molecular complexity index is 843. The Balaban J connectivity index is 2.31. The van der Waals surface area contributed by atoms with Gasteiger partial charge in [-0.05, 0) is 48.7 Å². The van der Waals surface area contributed by atoms with Gasteiger partial charge in [0.1, 0.15) is 11.6 Å². The molecule has 0 aliphatic rings. The summed E-state index contributed by atoms with van der Waals surface area (Å²) in [5.41, 5.74) is 3.29. The van der Waals surface area contributed by atoms with Crippen molar-refractivity contribution in [3.05, 3.63) is 58.7 Å². The van der Waals surface area contributed by atoms with E-state index < -0.39 is 5.91 Å². The first kappa shape index (κ1) is 18.1. The Morgan fingerprint density at radius 1 is 1.08 bits per heavy atom. The number of aryl methyl sites for hydroxylation is 2. The van der Waals surface area contributed by atoms with Crippen molar-refractivity contribution >= 4 is 17.7 Å². The first-order valence-electron chi connectivity index (χ1n) is 7.71. The van der Waals surface area contributed by atoms with Crippen molar-refractivity contribution in [3.8, 4) is 17.6 Å². The Morgan fingerprint density at radius 3 is 2.28 bits per heavy atom. The zero-order valence-electron chi connectivity index (χ0n) is 14.7. The van der Waals surface area contributed by atoms with Crippen LogP contribution in [0.3, 0.4) is 0 Å². The first-order valence-corrected chi connectivity index (χ1v) is 7.71. The van der Waals surface area contributed by atoms with Gasteiger partial charge >= 0.3 is 0 Å². The molecule has 0 saturated heterocycles. The highest BCUT2D eigenvalue weighted by Crippen LogP contribution is 2.28. The number of nitriles is 1. The summed E-state index contributed by atoms with van der Waals surface area (Å²) in [4.78, 5) is 12.5. The normalized spacial score (nSPS) is 10.8. The van der Waals surface area contributed by atoms with Gasteiger partial charge in [0.05, 0.1) is 14.2 Å². The van der Waals surface area contributed by atoms with E-state index in [0.29, 0.717) is 17.1 Å². The summed E-state index contributed by atoms with van der Waals surface area (Å²) in [6.07, 6.45) is 1.52. The largest absolute Gasteiger partial charge is 0.493 e. The maximum atomic E-state index is 12.5. The Kier molecular flexibility index (Phi) is 5.80. The molecule has 25 heavy (non-hydrogen) atoms. The van der Waals surface area contributed by atoms with E-state index in [1.165, 1.54) is 13.2 Å². The van der Waals surface area contributed by atoms with E-state index in [-0.39, 0.29) is 5.57 Å². The lowest BCUT2D eigenvalue weighted by Crippen LogP contribution is -2.15. The van der Waals surface area contributed by atoms with Gasteiger partial charge in [-0.1, -0.05) is 24.3 Å². The zero-order chi connectivity index (χ0) is 18.4. The summed E-state index contributed by atoms with van der Waals surface area (Å²) in [7, 11) is 3.08. The predicted molar refractivity (Wildman–Crippen MR) is 97.7 cm³/mol. The highest BCUT2D eigenvalue weighted by Gasteiger charge is 2.13. The van der Waals surface area contributed by atoms with E-state index in [0.717, 1.165) is 16.8 Å². The van der Waals surface area contributed by atoms with Crippen LogP contribution < -0.4 is 14.8 Å². The van der Waals surface area contributed by atoms with Crippen molar-refractivity contribution in [1.29, 1.82) is 5.26 Å². The molecule has 2 aromatic carbocycles. The second-order valence-electron chi connectivity index (χ2n) is 5.51. The lowest BCUT2D eigenvalue weighted by molar-refractivity contribution is -0.112. The molecule has 0 saturated carbocycles. The number of carbonyl (C=O) groups excluding carboxylic acids is 1. The Hall–Kier alpha value is -3.26. The summed E-state index contributed by atoms with van der Waals surface area (Å²) >= 11 is 0. The molecule has 0 radical (unpaired) electrons. The maximum absolute atomic E-state index is 12.5. The molecule has 2 rings (SSSR count). The van der Waals surface area contributed by atoms with Crippen LogP contribution >= 0.6 is 0 Å². The summed E-state index contributed by atoms with van der Waals surface area (Å²) in [5, 5.41) is 12.2. The number of nitrogens with zero attached hydrogens (tertiary/aromatic N) is 1. The standard InChI is InChI=1S/C20H20N2O3/c1-13-6-5-7-14(2)19(13)22-20(23)16(12-21)10-15-8-9-17(24-3)18(11-15)25-4/h5-11H,1-4H3,(H,22,23)/b16-10-. The van der Waals surface area contributed by atoms with E-state index in [1.807, 2.05) is 38.1 Å². The number of hydrogen-bond acceptors (Lipinski definition) is 4. The topological polar surface area (TPSA) is 71.3 Å². The van der Waals surface area contributed by atoms with Crippen LogP contribution in [-0.2, 0) is 4.79 Å². The van der Waals surface area contributed by atoms with E-state index >= 15 is 0 Å². The van der Waals surface area contributed by atoms with Crippen LogP contribution in [0.5, 0.6) is 11.5 Å². The van der Waals surface area contributed by atoms with Crippen LogP contribution in [0.1, 0.15) is 16.7 Å². The van der Waals surface area contributed by atoms with Crippen molar-refractivity contribution in [2.75, 3.05) is 19.5 Å². The third-order valence-corrected chi connectivity index (χ3v) is 3.80. The van der Waals surface area contributed by atoms with Crippen LogP contribution in [-0.4, -0.2) is 20.1 Å². The minimum absolute atomic E-state index is 0.00914. The van der Waals surface area contributed by atoms with Crippen LogP contribution in [0.15, 0.2) is 42.0 Å². The van der Waals surface area contributed by atoms with Gasteiger partial charge in [-0.2, -0.15) is 5.26 Å². The molecule has 0 unspecified atom stereocenters. The molecule has 5 heteroatoms. The Labute approximate surface area is 147 Å². The highest BCUT2D eigenvalue weighted by molar-refractivity contribution is 6.10. The molecule has 0 heterocycles. The maximum Gasteiger partial charge on any atom is 0.266 e. The van der Waals surface area contributed by atoms with Crippen LogP contribution in [0.25, 0.3) is 6.08 Å². The van der Waals surface area contributed by atoms with E-state index in [4.69, 9.17) is 9.47 Å². The number of methoxy groups -OCH3 is 2. The molecule has 128 valence electrons. The Morgan fingerprint density at radius 2 is 1.72 bits per heavy atom. The lowest BCUT2D eigenvalue weighted by Gasteiger charge is -2.11. The van der Waals surface area contributed by atoms with Gasteiger partial charge in [0.15, 0.2) is 11.5 Å². The second-order valence-corrected chi connectivity index (χ2v) is 5.51. The second kappa shape index (κ2) is 8.02. The molecule has 1 N–H and O–H groups in total. The van der Waals surface area contributed by atoms with Gasteiger partial charge in [0.25, 0.3) is 5.91 Å². The third kappa shape index (κ3) is 4.18. The van der Waals surface area contributed by atoms with Gasteiger partial charge in [0.2, 0.25) is 0 Å². The number of amides is 1. The number of para-hydroxylation sites is 1. The van der Waals surface area contributed by atoms with Crippen molar-refractivity contribution in [2.24, 2.45) is 0 Å². The molecule has 0 atom stereocenters. The van der Waals surface area contributed by atoms with Gasteiger partial charge in [-0.3, -0.25) is 4.79 Å². The van der Waals surface area contributed by atoms with Crippen LogP contribution in [0, 0.1) is 25.2 Å². The van der Waals surface area contributed by atoms with Gasteiger partial charge < -0.3 is 14.8 Å². The van der Waals surface area contributed by atoms with Crippen molar-refractivity contribution in [1.82, 2.24) is 0 Å². The average Bonchev–Trinajstić information content (AvgIpc) is 2.62. The number of benzene rings is 2.